The van der Waals surface area contributed by atoms with Crippen LogP contribution in [0.5, 0.6) is 5.75 Å². The van der Waals surface area contributed by atoms with Crippen molar-refractivity contribution in [3.8, 4) is 5.75 Å². The highest BCUT2D eigenvalue weighted by atomic mass is 35.5. The van der Waals surface area contributed by atoms with Gasteiger partial charge in [0, 0.05) is 11.6 Å². The molecule has 150 valence electrons. The highest BCUT2D eigenvalue weighted by molar-refractivity contribution is 6.32. The lowest BCUT2D eigenvalue weighted by atomic mass is 10.0. The van der Waals surface area contributed by atoms with Crippen molar-refractivity contribution in [2.45, 2.75) is 6.18 Å². The topological polar surface area (TPSA) is 75.6 Å². The van der Waals surface area contributed by atoms with E-state index in [1.54, 1.807) is 0 Å². The van der Waals surface area contributed by atoms with E-state index in [-0.39, 0.29) is 27.6 Å². The van der Waals surface area contributed by atoms with Gasteiger partial charge in [0.1, 0.15) is 5.75 Å². The van der Waals surface area contributed by atoms with Crippen LogP contribution in [0.2, 0.25) is 5.02 Å². The van der Waals surface area contributed by atoms with Crippen molar-refractivity contribution in [2.24, 2.45) is 0 Å². The van der Waals surface area contributed by atoms with Gasteiger partial charge >= 0.3 is 12.1 Å². The summed E-state index contributed by atoms with van der Waals surface area (Å²) >= 11 is 5.93. The molecule has 1 amide bonds. The van der Waals surface area contributed by atoms with Gasteiger partial charge in [0.15, 0.2) is 0 Å². The average Bonchev–Trinajstić information content (AvgIpc) is 2.67. The van der Waals surface area contributed by atoms with Crippen LogP contribution in [0.3, 0.4) is 0 Å². The van der Waals surface area contributed by atoms with Gasteiger partial charge < -0.3 is 15.2 Å². The molecule has 2 N–H and O–H groups in total. The number of benzene rings is 3. The summed E-state index contributed by atoms with van der Waals surface area (Å²) in [6.07, 6.45) is -4.47. The minimum Gasteiger partial charge on any atom is -0.495 e. The van der Waals surface area contributed by atoms with Crippen molar-refractivity contribution in [1.82, 2.24) is 0 Å². The standard InChI is InChI=1S/C20H13ClF3NO4/c1-29-17-9-16(14(19(27)28)8-15(17)21)25-18(26)12-3-2-11-7-13(20(22,23)24)5-4-10(11)6-12/h2-9H,1H3,(H,25,26)(H,27,28). The molecule has 3 rings (SSSR count). The second-order valence-electron chi connectivity index (χ2n) is 6.07. The minimum absolute atomic E-state index is 0.0312. The molecule has 3 aromatic rings. The zero-order valence-corrected chi connectivity index (χ0v) is 15.6. The Morgan fingerprint density at radius 1 is 1.03 bits per heavy atom. The van der Waals surface area contributed by atoms with Gasteiger partial charge in [-0.15, -0.1) is 0 Å². The summed E-state index contributed by atoms with van der Waals surface area (Å²) in [4.78, 5) is 24.0. The number of nitrogens with one attached hydrogen (secondary N) is 1. The molecule has 0 spiro atoms. The van der Waals surface area contributed by atoms with E-state index >= 15 is 0 Å². The molecular weight excluding hydrogens is 411 g/mol. The Labute approximate surface area is 167 Å². The number of hydrogen-bond donors (Lipinski definition) is 2. The number of halogens is 4. The maximum atomic E-state index is 12.8. The lowest BCUT2D eigenvalue weighted by Gasteiger charge is -2.12. The number of aromatic carboxylic acids is 1. The molecule has 0 atom stereocenters. The molecular formula is C20H13ClF3NO4. The molecule has 0 saturated carbocycles. The van der Waals surface area contributed by atoms with E-state index in [4.69, 9.17) is 16.3 Å². The number of alkyl halides is 3. The number of carbonyl (C=O) groups is 2. The first-order valence-electron chi connectivity index (χ1n) is 8.13. The smallest absolute Gasteiger partial charge is 0.416 e. The zero-order chi connectivity index (χ0) is 21.3. The van der Waals surface area contributed by atoms with Gasteiger partial charge in [-0.2, -0.15) is 13.2 Å². The van der Waals surface area contributed by atoms with Crippen LogP contribution in [0.15, 0.2) is 48.5 Å². The number of hydrogen-bond acceptors (Lipinski definition) is 3. The van der Waals surface area contributed by atoms with Gasteiger partial charge in [-0.05, 0) is 41.1 Å². The van der Waals surface area contributed by atoms with Gasteiger partial charge in [0.25, 0.3) is 5.91 Å². The van der Waals surface area contributed by atoms with E-state index in [1.165, 1.54) is 37.4 Å². The number of amides is 1. The molecule has 0 unspecified atom stereocenters. The highest BCUT2D eigenvalue weighted by Crippen LogP contribution is 2.33. The summed E-state index contributed by atoms with van der Waals surface area (Å²) in [6.45, 7) is 0. The fraction of sp³-hybridized carbons (Fsp3) is 0.100. The van der Waals surface area contributed by atoms with Crippen molar-refractivity contribution in [3.05, 3.63) is 70.2 Å². The number of ether oxygens (including phenoxy) is 1. The quantitative estimate of drug-likeness (QED) is 0.583. The first kappa shape index (κ1) is 20.5. The molecule has 0 bridgehead atoms. The summed E-state index contributed by atoms with van der Waals surface area (Å²) in [7, 11) is 1.34. The van der Waals surface area contributed by atoms with E-state index in [2.05, 4.69) is 5.32 Å². The molecule has 0 aromatic heterocycles. The second kappa shape index (κ2) is 7.63. The van der Waals surface area contributed by atoms with Crippen molar-refractivity contribution >= 4 is 39.9 Å². The van der Waals surface area contributed by atoms with Crippen LogP contribution >= 0.6 is 11.6 Å². The monoisotopic (exact) mass is 423 g/mol. The molecule has 5 nitrogen and oxygen atoms in total. The molecule has 0 fully saturated rings. The van der Waals surface area contributed by atoms with Crippen LogP contribution < -0.4 is 10.1 Å². The second-order valence-corrected chi connectivity index (χ2v) is 6.47. The largest absolute Gasteiger partial charge is 0.495 e. The minimum atomic E-state index is -4.47. The molecule has 29 heavy (non-hydrogen) atoms. The SMILES string of the molecule is COc1cc(NC(=O)c2ccc3cc(C(F)(F)F)ccc3c2)c(C(=O)O)cc1Cl. The Kier molecular flexibility index (Phi) is 5.39. The average molecular weight is 424 g/mol. The Hall–Kier alpha value is -3.26. The molecule has 3 aromatic carbocycles. The summed E-state index contributed by atoms with van der Waals surface area (Å²) in [6, 6.07) is 9.77. The Balaban J connectivity index is 1.95. The fourth-order valence-corrected chi connectivity index (χ4v) is 2.99. The Morgan fingerprint density at radius 3 is 2.31 bits per heavy atom. The zero-order valence-electron chi connectivity index (χ0n) is 14.8. The van der Waals surface area contributed by atoms with E-state index in [0.717, 1.165) is 18.2 Å². The van der Waals surface area contributed by atoms with Gasteiger partial charge in [-0.1, -0.05) is 23.7 Å². The van der Waals surface area contributed by atoms with Crippen LogP contribution in [-0.4, -0.2) is 24.1 Å². The first-order valence-corrected chi connectivity index (χ1v) is 8.51. The van der Waals surface area contributed by atoms with Gasteiger partial charge in [0.05, 0.1) is 28.9 Å². The molecule has 0 saturated heterocycles. The summed E-state index contributed by atoms with van der Waals surface area (Å²) in [5.41, 5.74) is -0.917. The van der Waals surface area contributed by atoms with E-state index in [0.29, 0.717) is 10.8 Å². The van der Waals surface area contributed by atoms with Crippen molar-refractivity contribution in [2.75, 3.05) is 12.4 Å². The van der Waals surface area contributed by atoms with E-state index in [1.807, 2.05) is 0 Å². The molecule has 9 heteroatoms. The lowest BCUT2D eigenvalue weighted by Crippen LogP contribution is -2.15. The van der Waals surface area contributed by atoms with Gasteiger partial charge in [-0.25, -0.2) is 4.79 Å². The van der Waals surface area contributed by atoms with Gasteiger partial charge in [0.2, 0.25) is 0 Å². The Morgan fingerprint density at radius 2 is 1.69 bits per heavy atom. The predicted octanol–water partition coefficient (Wildman–Crippen LogP) is 5.47. The third-order valence-electron chi connectivity index (χ3n) is 4.20. The first-order chi connectivity index (χ1) is 13.6. The van der Waals surface area contributed by atoms with Crippen LogP contribution in [-0.2, 0) is 6.18 Å². The summed E-state index contributed by atoms with van der Waals surface area (Å²) in [5.74, 6) is -1.77. The molecule has 0 aliphatic carbocycles. The summed E-state index contributed by atoms with van der Waals surface area (Å²) < 4.78 is 43.5. The molecule has 0 aliphatic heterocycles. The number of carbonyl (C=O) groups excluding carboxylic acids is 1. The van der Waals surface area contributed by atoms with Crippen LogP contribution in [0, 0.1) is 0 Å². The van der Waals surface area contributed by atoms with Crippen LogP contribution in [0.4, 0.5) is 18.9 Å². The predicted molar refractivity (Wildman–Crippen MR) is 102 cm³/mol. The number of methoxy groups -OCH3 is 1. The number of carboxylic acid groups (broad SMARTS) is 1. The highest BCUT2D eigenvalue weighted by Gasteiger charge is 2.30. The number of fused-ring (bicyclic) bond motifs is 1. The van der Waals surface area contributed by atoms with Crippen molar-refractivity contribution in [3.63, 3.8) is 0 Å². The maximum Gasteiger partial charge on any atom is 0.416 e. The van der Waals surface area contributed by atoms with Crippen molar-refractivity contribution in [1.29, 1.82) is 0 Å². The third-order valence-corrected chi connectivity index (χ3v) is 4.50. The van der Waals surface area contributed by atoms with Gasteiger partial charge in [-0.3, -0.25) is 4.79 Å². The summed E-state index contributed by atoms with van der Waals surface area (Å²) in [5, 5.41) is 12.6. The maximum absolute atomic E-state index is 12.8. The number of rotatable bonds is 4. The lowest BCUT2D eigenvalue weighted by molar-refractivity contribution is -0.137. The number of anilines is 1. The van der Waals surface area contributed by atoms with Crippen LogP contribution in [0.25, 0.3) is 10.8 Å². The fourth-order valence-electron chi connectivity index (χ4n) is 2.75. The third kappa shape index (κ3) is 4.27. The van der Waals surface area contributed by atoms with E-state index < -0.39 is 23.6 Å². The van der Waals surface area contributed by atoms with Crippen LogP contribution in [0.1, 0.15) is 26.3 Å². The molecule has 0 aliphatic rings. The molecule has 0 heterocycles. The number of carboxylic acids is 1. The normalized spacial score (nSPS) is 11.3. The van der Waals surface area contributed by atoms with E-state index in [9.17, 15) is 27.9 Å². The van der Waals surface area contributed by atoms with Crippen molar-refractivity contribution < 1.29 is 32.6 Å². The Bertz CT molecular complexity index is 1130. The molecule has 0 radical (unpaired) electrons.